The van der Waals surface area contributed by atoms with E-state index < -0.39 is 0 Å². The van der Waals surface area contributed by atoms with E-state index in [1.807, 2.05) is 13.0 Å². The van der Waals surface area contributed by atoms with Crippen LogP contribution in [0.4, 0.5) is 5.13 Å². The van der Waals surface area contributed by atoms with Gasteiger partial charge >= 0.3 is 0 Å². The standard InChI is InChI=1S/C12H11ClN2O2S/c1-8-2-3-9(13)10(6-8)17-7-11(16)15-12-14-4-5-18-12/h2-6H,7H2,1H3,(H,14,15,16). The highest BCUT2D eigenvalue weighted by Gasteiger charge is 2.07. The predicted octanol–water partition coefficient (Wildman–Crippen LogP) is 3.12. The highest BCUT2D eigenvalue weighted by molar-refractivity contribution is 7.13. The van der Waals surface area contributed by atoms with Crippen LogP contribution in [0.3, 0.4) is 0 Å². The summed E-state index contributed by atoms with van der Waals surface area (Å²) in [6.45, 7) is 1.83. The normalized spacial score (nSPS) is 10.1. The number of nitrogens with one attached hydrogen (secondary N) is 1. The molecule has 1 aromatic heterocycles. The molecule has 4 nitrogen and oxygen atoms in total. The molecule has 0 saturated heterocycles. The van der Waals surface area contributed by atoms with Crippen molar-refractivity contribution in [2.45, 2.75) is 6.92 Å². The van der Waals surface area contributed by atoms with Crippen LogP contribution in [-0.4, -0.2) is 17.5 Å². The maximum Gasteiger partial charge on any atom is 0.264 e. The summed E-state index contributed by atoms with van der Waals surface area (Å²) >= 11 is 7.31. The van der Waals surface area contributed by atoms with Crippen molar-refractivity contribution in [1.29, 1.82) is 0 Å². The van der Waals surface area contributed by atoms with Gasteiger partial charge in [-0.15, -0.1) is 11.3 Å². The van der Waals surface area contributed by atoms with E-state index in [4.69, 9.17) is 16.3 Å². The molecule has 0 aliphatic rings. The van der Waals surface area contributed by atoms with Gasteiger partial charge in [-0.3, -0.25) is 10.1 Å². The van der Waals surface area contributed by atoms with Crippen LogP contribution in [0.1, 0.15) is 5.56 Å². The molecule has 0 unspecified atom stereocenters. The minimum atomic E-state index is -0.262. The minimum Gasteiger partial charge on any atom is -0.482 e. The van der Waals surface area contributed by atoms with E-state index in [1.54, 1.807) is 23.7 Å². The number of hydrogen-bond donors (Lipinski definition) is 1. The Morgan fingerprint density at radius 1 is 1.56 bits per heavy atom. The van der Waals surface area contributed by atoms with Gasteiger partial charge in [-0.05, 0) is 24.6 Å². The molecule has 1 aromatic carbocycles. The fraction of sp³-hybridized carbons (Fsp3) is 0.167. The molecule has 0 fully saturated rings. The summed E-state index contributed by atoms with van der Waals surface area (Å²) in [6, 6.07) is 5.41. The van der Waals surface area contributed by atoms with E-state index in [2.05, 4.69) is 10.3 Å². The van der Waals surface area contributed by atoms with E-state index >= 15 is 0 Å². The zero-order valence-electron chi connectivity index (χ0n) is 9.64. The molecule has 0 aliphatic heterocycles. The number of carbonyl (C=O) groups excluding carboxylic acids is 1. The van der Waals surface area contributed by atoms with Crippen molar-refractivity contribution in [2.75, 3.05) is 11.9 Å². The Labute approximate surface area is 114 Å². The fourth-order valence-electron chi connectivity index (χ4n) is 1.31. The lowest BCUT2D eigenvalue weighted by molar-refractivity contribution is -0.118. The number of rotatable bonds is 4. The molecular formula is C12H11ClN2O2S. The minimum absolute atomic E-state index is 0.0945. The van der Waals surface area contributed by atoms with E-state index in [0.29, 0.717) is 15.9 Å². The second-order valence-corrected chi connectivity index (χ2v) is 4.91. The zero-order valence-corrected chi connectivity index (χ0v) is 11.2. The lowest BCUT2D eigenvalue weighted by Gasteiger charge is -2.08. The summed E-state index contributed by atoms with van der Waals surface area (Å²) in [7, 11) is 0. The second kappa shape index (κ2) is 5.84. The topological polar surface area (TPSA) is 51.2 Å². The molecule has 6 heteroatoms. The number of halogens is 1. The van der Waals surface area contributed by atoms with Crippen molar-refractivity contribution in [3.05, 3.63) is 40.4 Å². The van der Waals surface area contributed by atoms with Gasteiger partial charge in [0.15, 0.2) is 11.7 Å². The average Bonchev–Trinajstić information content (AvgIpc) is 2.83. The monoisotopic (exact) mass is 282 g/mol. The van der Waals surface area contributed by atoms with Crippen molar-refractivity contribution in [2.24, 2.45) is 0 Å². The van der Waals surface area contributed by atoms with Crippen LogP contribution in [0, 0.1) is 6.92 Å². The van der Waals surface area contributed by atoms with Crippen molar-refractivity contribution in [3.63, 3.8) is 0 Å². The van der Waals surface area contributed by atoms with Crippen molar-refractivity contribution < 1.29 is 9.53 Å². The van der Waals surface area contributed by atoms with Gasteiger partial charge in [0, 0.05) is 11.6 Å². The summed E-state index contributed by atoms with van der Waals surface area (Å²) in [5.74, 6) is 0.244. The number of aryl methyl sites for hydroxylation is 1. The van der Waals surface area contributed by atoms with Crippen LogP contribution < -0.4 is 10.1 Å². The van der Waals surface area contributed by atoms with Crippen molar-refractivity contribution in [3.8, 4) is 5.75 Å². The maximum atomic E-state index is 11.6. The summed E-state index contributed by atoms with van der Waals surface area (Å²) in [5, 5.41) is 5.46. The number of thiazole rings is 1. The summed E-state index contributed by atoms with van der Waals surface area (Å²) in [6.07, 6.45) is 1.62. The molecule has 0 saturated carbocycles. The highest BCUT2D eigenvalue weighted by atomic mass is 35.5. The number of ether oxygens (including phenoxy) is 1. The van der Waals surface area contributed by atoms with Crippen molar-refractivity contribution >= 4 is 34.0 Å². The highest BCUT2D eigenvalue weighted by Crippen LogP contribution is 2.25. The van der Waals surface area contributed by atoms with Gasteiger partial charge in [-0.2, -0.15) is 0 Å². The molecule has 2 rings (SSSR count). The van der Waals surface area contributed by atoms with Gasteiger partial charge in [0.1, 0.15) is 5.75 Å². The zero-order chi connectivity index (χ0) is 13.0. The summed E-state index contributed by atoms with van der Waals surface area (Å²) in [5.41, 5.74) is 1.02. The Bertz CT molecular complexity index is 543. The molecule has 1 N–H and O–H groups in total. The first-order valence-electron chi connectivity index (χ1n) is 5.23. The molecule has 18 heavy (non-hydrogen) atoms. The second-order valence-electron chi connectivity index (χ2n) is 3.61. The molecule has 94 valence electrons. The smallest absolute Gasteiger partial charge is 0.264 e. The van der Waals surface area contributed by atoms with Crippen LogP contribution in [0.5, 0.6) is 5.75 Å². The number of hydrogen-bond acceptors (Lipinski definition) is 4. The Morgan fingerprint density at radius 3 is 3.11 bits per heavy atom. The molecule has 0 atom stereocenters. The van der Waals surface area contributed by atoms with Crippen LogP contribution in [0.25, 0.3) is 0 Å². The van der Waals surface area contributed by atoms with Gasteiger partial charge in [-0.1, -0.05) is 17.7 Å². The largest absolute Gasteiger partial charge is 0.482 e. The first-order chi connectivity index (χ1) is 8.65. The van der Waals surface area contributed by atoms with E-state index in [-0.39, 0.29) is 12.5 Å². The molecule has 1 heterocycles. The third-order valence-corrected chi connectivity index (χ3v) is 3.12. The van der Waals surface area contributed by atoms with Crippen LogP contribution >= 0.6 is 22.9 Å². The Kier molecular flexibility index (Phi) is 4.17. The maximum absolute atomic E-state index is 11.6. The van der Waals surface area contributed by atoms with Gasteiger partial charge in [0.2, 0.25) is 0 Å². The first-order valence-corrected chi connectivity index (χ1v) is 6.49. The fourth-order valence-corrected chi connectivity index (χ4v) is 2.02. The third kappa shape index (κ3) is 3.45. The number of nitrogens with zero attached hydrogens (tertiary/aromatic N) is 1. The molecule has 0 spiro atoms. The predicted molar refractivity (Wildman–Crippen MR) is 72.4 cm³/mol. The number of anilines is 1. The van der Waals surface area contributed by atoms with Gasteiger partial charge < -0.3 is 4.74 Å². The molecular weight excluding hydrogens is 272 g/mol. The molecule has 0 aliphatic carbocycles. The van der Waals surface area contributed by atoms with Crippen LogP contribution in [0.2, 0.25) is 5.02 Å². The van der Waals surface area contributed by atoms with E-state index in [9.17, 15) is 4.79 Å². The number of aromatic nitrogens is 1. The van der Waals surface area contributed by atoms with Gasteiger partial charge in [0.05, 0.1) is 5.02 Å². The Hall–Kier alpha value is -1.59. The van der Waals surface area contributed by atoms with Crippen LogP contribution in [-0.2, 0) is 4.79 Å². The van der Waals surface area contributed by atoms with Gasteiger partial charge in [-0.25, -0.2) is 4.98 Å². The van der Waals surface area contributed by atoms with E-state index in [1.165, 1.54) is 11.3 Å². The summed E-state index contributed by atoms with van der Waals surface area (Å²) in [4.78, 5) is 15.5. The quantitative estimate of drug-likeness (QED) is 0.937. The molecule has 0 bridgehead atoms. The lowest BCUT2D eigenvalue weighted by Crippen LogP contribution is -2.20. The molecule has 1 amide bonds. The van der Waals surface area contributed by atoms with Gasteiger partial charge in [0.25, 0.3) is 5.91 Å². The SMILES string of the molecule is Cc1ccc(Cl)c(OCC(=O)Nc2nccs2)c1. The average molecular weight is 283 g/mol. The number of amides is 1. The molecule has 0 radical (unpaired) electrons. The first kappa shape index (κ1) is 12.9. The Balaban J connectivity index is 1.91. The van der Waals surface area contributed by atoms with E-state index in [0.717, 1.165) is 5.56 Å². The Morgan fingerprint density at radius 2 is 2.39 bits per heavy atom. The van der Waals surface area contributed by atoms with Crippen LogP contribution in [0.15, 0.2) is 29.8 Å². The number of carbonyl (C=O) groups is 1. The molecule has 2 aromatic rings. The lowest BCUT2D eigenvalue weighted by atomic mass is 10.2. The third-order valence-electron chi connectivity index (χ3n) is 2.12. The number of benzene rings is 1. The van der Waals surface area contributed by atoms with Crippen molar-refractivity contribution in [1.82, 2.24) is 4.98 Å². The summed E-state index contributed by atoms with van der Waals surface area (Å²) < 4.78 is 5.36.